The highest BCUT2D eigenvalue weighted by Gasteiger charge is 2.13. The van der Waals surface area contributed by atoms with Crippen molar-refractivity contribution in [3.8, 4) is 0 Å². The minimum absolute atomic E-state index is 0.132. The fourth-order valence-electron chi connectivity index (χ4n) is 2.44. The molecule has 2 aromatic carbocycles. The Hall–Kier alpha value is -2.53. The number of carbonyl (C=O) groups is 2. The van der Waals surface area contributed by atoms with Crippen LogP contribution in [0.2, 0.25) is 5.02 Å². The maximum atomic E-state index is 12.2. The van der Waals surface area contributed by atoms with Gasteiger partial charge >= 0.3 is 6.03 Å². The average Bonchev–Trinajstić information content (AvgIpc) is 2.54. The lowest BCUT2D eigenvalue weighted by atomic mass is 10.1. The van der Waals surface area contributed by atoms with Crippen LogP contribution in [0.15, 0.2) is 48.5 Å². The van der Waals surface area contributed by atoms with Gasteiger partial charge in [0, 0.05) is 17.6 Å². The maximum absolute atomic E-state index is 12.2. The molecule has 0 aromatic heterocycles. The van der Waals surface area contributed by atoms with Crippen LogP contribution in [0.25, 0.3) is 0 Å². The van der Waals surface area contributed by atoms with Crippen molar-refractivity contribution >= 4 is 29.2 Å². The highest BCUT2D eigenvalue weighted by atomic mass is 35.5. The SMILES string of the molecule is CC(=O)Nc1cccc([C@@H](C)NC(=O)N[C@@H](C)c2ccc(Cl)cc2)c1. The molecule has 0 radical (unpaired) electrons. The van der Waals surface area contributed by atoms with Gasteiger partial charge in [0.2, 0.25) is 5.91 Å². The number of urea groups is 1. The summed E-state index contributed by atoms with van der Waals surface area (Å²) in [5.74, 6) is -0.132. The van der Waals surface area contributed by atoms with E-state index in [1.54, 1.807) is 18.2 Å². The molecular formula is C19H22ClN3O2. The average molecular weight is 360 g/mol. The molecule has 0 fully saturated rings. The predicted molar refractivity (Wildman–Crippen MR) is 101 cm³/mol. The molecule has 0 saturated heterocycles. The largest absolute Gasteiger partial charge is 0.332 e. The van der Waals surface area contributed by atoms with E-state index < -0.39 is 0 Å². The molecule has 25 heavy (non-hydrogen) atoms. The van der Waals surface area contributed by atoms with Crippen LogP contribution in [0, 0.1) is 0 Å². The van der Waals surface area contributed by atoms with Gasteiger partial charge in [-0.15, -0.1) is 0 Å². The number of anilines is 1. The molecule has 0 aliphatic rings. The Morgan fingerprint density at radius 2 is 1.52 bits per heavy atom. The van der Waals surface area contributed by atoms with Crippen LogP contribution >= 0.6 is 11.6 Å². The molecule has 132 valence electrons. The second kappa shape index (κ2) is 8.53. The minimum Gasteiger partial charge on any atom is -0.332 e. The second-order valence-corrected chi connectivity index (χ2v) is 6.36. The first-order valence-corrected chi connectivity index (χ1v) is 8.43. The van der Waals surface area contributed by atoms with Gasteiger partial charge in [-0.3, -0.25) is 4.79 Å². The lowest BCUT2D eigenvalue weighted by Crippen LogP contribution is -2.38. The van der Waals surface area contributed by atoms with Gasteiger partial charge in [-0.25, -0.2) is 4.79 Å². The van der Waals surface area contributed by atoms with Crippen molar-refractivity contribution in [2.75, 3.05) is 5.32 Å². The Labute approximate surface area is 152 Å². The van der Waals surface area contributed by atoms with E-state index >= 15 is 0 Å². The highest BCUT2D eigenvalue weighted by molar-refractivity contribution is 6.30. The molecule has 6 heteroatoms. The number of halogens is 1. The van der Waals surface area contributed by atoms with Gasteiger partial charge in [-0.1, -0.05) is 35.9 Å². The lowest BCUT2D eigenvalue weighted by Gasteiger charge is -2.19. The van der Waals surface area contributed by atoms with E-state index in [9.17, 15) is 9.59 Å². The van der Waals surface area contributed by atoms with Crippen molar-refractivity contribution in [2.24, 2.45) is 0 Å². The third-order valence-electron chi connectivity index (χ3n) is 3.77. The van der Waals surface area contributed by atoms with Gasteiger partial charge in [0.15, 0.2) is 0 Å². The zero-order valence-corrected chi connectivity index (χ0v) is 15.2. The van der Waals surface area contributed by atoms with Crippen molar-refractivity contribution in [1.29, 1.82) is 0 Å². The molecule has 0 unspecified atom stereocenters. The van der Waals surface area contributed by atoms with Gasteiger partial charge in [0.1, 0.15) is 0 Å². The molecule has 2 aromatic rings. The third kappa shape index (κ3) is 5.80. The number of nitrogens with one attached hydrogen (secondary N) is 3. The molecule has 2 rings (SSSR count). The van der Waals surface area contributed by atoms with Crippen LogP contribution in [0.4, 0.5) is 10.5 Å². The molecule has 0 heterocycles. The summed E-state index contributed by atoms with van der Waals surface area (Å²) in [7, 11) is 0. The van der Waals surface area contributed by atoms with E-state index in [4.69, 9.17) is 11.6 Å². The van der Waals surface area contributed by atoms with Crippen LogP contribution in [0.3, 0.4) is 0 Å². The van der Waals surface area contributed by atoms with Crippen molar-refractivity contribution in [3.63, 3.8) is 0 Å². The molecule has 0 saturated carbocycles. The number of hydrogen-bond acceptors (Lipinski definition) is 2. The van der Waals surface area contributed by atoms with E-state index in [1.165, 1.54) is 6.92 Å². The molecule has 2 atom stereocenters. The Bertz CT molecular complexity index is 747. The van der Waals surface area contributed by atoms with Crippen LogP contribution in [0.5, 0.6) is 0 Å². The number of carbonyl (C=O) groups excluding carboxylic acids is 2. The van der Waals surface area contributed by atoms with Gasteiger partial charge in [0.25, 0.3) is 0 Å². The summed E-state index contributed by atoms with van der Waals surface area (Å²) in [6, 6.07) is 14.1. The topological polar surface area (TPSA) is 70.2 Å². The van der Waals surface area contributed by atoms with Gasteiger partial charge in [-0.2, -0.15) is 0 Å². The van der Waals surface area contributed by atoms with Crippen molar-refractivity contribution in [2.45, 2.75) is 32.9 Å². The third-order valence-corrected chi connectivity index (χ3v) is 4.02. The fourth-order valence-corrected chi connectivity index (χ4v) is 2.57. The Balaban J connectivity index is 1.95. The fraction of sp³-hybridized carbons (Fsp3) is 0.263. The van der Waals surface area contributed by atoms with Crippen molar-refractivity contribution in [1.82, 2.24) is 10.6 Å². The van der Waals surface area contributed by atoms with E-state index in [1.807, 2.05) is 44.2 Å². The monoisotopic (exact) mass is 359 g/mol. The zero-order chi connectivity index (χ0) is 18.4. The zero-order valence-electron chi connectivity index (χ0n) is 14.5. The van der Waals surface area contributed by atoms with Crippen LogP contribution in [-0.4, -0.2) is 11.9 Å². The summed E-state index contributed by atoms with van der Waals surface area (Å²) < 4.78 is 0. The number of benzene rings is 2. The van der Waals surface area contributed by atoms with Crippen molar-refractivity contribution in [3.05, 3.63) is 64.7 Å². The summed E-state index contributed by atoms with van der Waals surface area (Å²) in [5, 5.41) is 9.19. The molecule has 0 bridgehead atoms. The van der Waals surface area contributed by atoms with Crippen LogP contribution < -0.4 is 16.0 Å². The molecule has 3 amide bonds. The Morgan fingerprint density at radius 1 is 0.920 bits per heavy atom. The van der Waals surface area contributed by atoms with Gasteiger partial charge in [-0.05, 0) is 49.2 Å². The minimum atomic E-state index is -0.264. The van der Waals surface area contributed by atoms with E-state index in [0.717, 1.165) is 11.1 Å². The first kappa shape index (κ1) is 18.8. The molecule has 0 aliphatic carbocycles. The molecule has 0 spiro atoms. The summed E-state index contributed by atoms with van der Waals surface area (Å²) >= 11 is 5.88. The quantitative estimate of drug-likeness (QED) is 0.739. The predicted octanol–water partition coefficient (Wildman–Crippen LogP) is 4.42. The normalized spacial score (nSPS) is 12.8. The maximum Gasteiger partial charge on any atom is 0.315 e. The second-order valence-electron chi connectivity index (χ2n) is 5.92. The Kier molecular flexibility index (Phi) is 6.42. The smallest absolute Gasteiger partial charge is 0.315 e. The first-order valence-electron chi connectivity index (χ1n) is 8.05. The number of rotatable bonds is 5. The molecule has 0 aliphatic heterocycles. The summed E-state index contributed by atoms with van der Waals surface area (Å²) in [6.45, 7) is 5.25. The molecular weight excluding hydrogens is 338 g/mol. The Morgan fingerprint density at radius 3 is 2.12 bits per heavy atom. The van der Waals surface area contributed by atoms with E-state index in [2.05, 4.69) is 16.0 Å². The highest BCUT2D eigenvalue weighted by Crippen LogP contribution is 2.18. The van der Waals surface area contributed by atoms with Gasteiger partial charge < -0.3 is 16.0 Å². The van der Waals surface area contributed by atoms with Gasteiger partial charge in [0.05, 0.1) is 12.1 Å². The lowest BCUT2D eigenvalue weighted by molar-refractivity contribution is -0.114. The number of hydrogen-bond donors (Lipinski definition) is 3. The van der Waals surface area contributed by atoms with Crippen LogP contribution in [-0.2, 0) is 4.79 Å². The molecule has 5 nitrogen and oxygen atoms in total. The van der Waals surface area contributed by atoms with E-state index in [-0.39, 0.29) is 24.0 Å². The summed E-state index contributed by atoms with van der Waals surface area (Å²) in [6.07, 6.45) is 0. The summed E-state index contributed by atoms with van der Waals surface area (Å²) in [4.78, 5) is 23.4. The van der Waals surface area contributed by atoms with Crippen molar-refractivity contribution < 1.29 is 9.59 Å². The molecule has 3 N–H and O–H groups in total. The summed E-state index contributed by atoms with van der Waals surface area (Å²) in [5.41, 5.74) is 2.58. The van der Waals surface area contributed by atoms with E-state index in [0.29, 0.717) is 10.7 Å². The standard InChI is InChI=1S/C19H22ClN3O2/c1-12(15-7-9-17(20)10-8-15)21-19(25)22-13(2)16-5-4-6-18(11-16)23-14(3)24/h4-13H,1-3H3,(H,23,24)(H2,21,22,25)/t12-,13+/m0/s1. The first-order chi connectivity index (χ1) is 11.8. The number of amides is 3. The van der Waals surface area contributed by atoms with Crippen LogP contribution in [0.1, 0.15) is 44.0 Å².